The standard InChI is InChI=1S/C17H17N/c1-13(2)15-8-10-17(11-9-15)16-6-4-14(5-7-16)12-18-3/h4-12H,1H2,2-3H3. The number of rotatable bonds is 3. The molecule has 0 saturated carbocycles. The first-order chi connectivity index (χ1) is 8.70. The van der Waals surface area contributed by atoms with Crippen molar-refractivity contribution < 1.29 is 0 Å². The zero-order valence-corrected chi connectivity index (χ0v) is 10.9. The average Bonchev–Trinajstić information content (AvgIpc) is 2.40. The van der Waals surface area contributed by atoms with Gasteiger partial charge in [0.2, 0.25) is 0 Å². The first-order valence-electron chi connectivity index (χ1n) is 5.99. The van der Waals surface area contributed by atoms with E-state index in [0.717, 1.165) is 11.1 Å². The molecule has 0 heterocycles. The van der Waals surface area contributed by atoms with Crippen molar-refractivity contribution in [3.8, 4) is 11.1 Å². The second-order valence-electron chi connectivity index (χ2n) is 4.37. The number of hydrogen-bond acceptors (Lipinski definition) is 1. The van der Waals surface area contributed by atoms with Gasteiger partial charge in [0.1, 0.15) is 0 Å². The van der Waals surface area contributed by atoms with E-state index < -0.39 is 0 Å². The lowest BCUT2D eigenvalue weighted by molar-refractivity contribution is 1.46. The largest absolute Gasteiger partial charge is 0.296 e. The van der Waals surface area contributed by atoms with Crippen molar-refractivity contribution in [2.45, 2.75) is 6.92 Å². The van der Waals surface area contributed by atoms with Gasteiger partial charge in [-0.05, 0) is 29.2 Å². The van der Waals surface area contributed by atoms with Gasteiger partial charge in [0.15, 0.2) is 0 Å². The van der Waals surface area contributed by atoms with Crippen LogP contribution in [0.4, 0.5) is 0 Å². The maximum absolute atomic E-state index is 4.00. The molecular weight excluding hydrogens is 218 g/mol. The number of hydrogen-bond donors (Lipinski definition) is 0. The highest BCUT2D eigenvalue weighted by molar-refractivity contribution is 5.81. The molecular formula is C17H17N. The van der Waals surface area contributed by atoms with E-state index in [1.165, 1.54) is 16.7 Å². The van der Waals surface area contributed by atoms with Crippen LogP contribution in [0.5, 0.6) is 0 Å². The monoisotopic (exact) mass is 235 g/mol. The molecule has 0 spiro atoms. The van der Waals surface area contributed by atoms with Crippen molar-refractivity contribution in [3.05, 3.63) is 66.2 Å². The van der Waals surface area contributed by atoms with Crippen molar-refractivity contribution in [3.63, 3.8) is 0 Å². The Balaban J connectivity index is 2.28. The lowest BCUT2D eigenvalue weighted by Gasteiger charge is -2.04. The minimum absolute atomic E-state index is 1.09. The van der Waals surface area contributed by atoms with Gasteiger partial charge in [-0.15, -0.1) is 0 Å². The summed E-state index contributed by atoms with van der Waals surface area (Å²) in [7, 11) is 1.78. The molecule has 2 aromatic carbocycles. The van der Waals surface area contributed by atoms with Crippen LogP contribution >= 0.6 is 0 Å². The van der Waals surface area contributed by atoms with Gasteiger partial charge in [0.25, 0.3) is 0 Å². The zero-order valence-electron chi connectivity index (χ0n) is 10.9. The highest BCUT2D eigenvalue weighted by Gasteiger charge is 1.98. The molecule has 0 amide bonds. The molecule has 0 unspecified atom stereocenters. The fraction of sp³-hybridized carbons (Fsp3) is 0.118. The van der Waals surface area contributed by atoms with Crippen LogP contribution in [0.1, 0.15) is 18.1 Å². The molecule has 0 fully saturated rings. The van der Waals surface area contributed by atoms with Crippen molar-refractivity contribution in [2.24, 2.45) is 4.99 Å². The Bertz CT molecular complexity index is 560. The Morgan fingerprint density at radius 1 is 0.944 bits per heavy atom. The second kappa shape index (κ2) is 5.46. The summed E-state index contributed by atoms with van der Waals surface area (Å²) in [5.74, 6) is 0. The average molecular weight is 235 g/mol. The van der Waals surface area contributed by atoms with Crippen LogP contribution in [0.15, 0.2) is 60.1 Å². The molecule has 0 radical (unpaired) electrons. The Morgan fingerprint density at radius 3 is 1.89 bits per heavy atom. The van der Waals surface area contributed by atoms with Crippen LogP contribution in [-0.2, 0) is 0 Å². The van der Waals surface area contributed by atoms with Crippen LogP contribution in [-0.4, -0.2) is 13.3 Å². The van der Waals surface area contributed by atoms with E-state index in [2.05, 4.69) is 60.1 Å². The van der Waals surface area contributed by atoms with Gasteiger partial charge < -0.3 is 0 Å². The Hall–Kier alpha value is -2.15. The van der Waals surface area contributed by atoms with E-state index in [9.17, 15) is 0 Å². The minimum Gasteiger partial charge on any atom is -0.296 e. The fourth-order valence-electron chi connectivity index (χ4n) is 1.86. The molecule has 2 rings (SSSR count). The Kier molecular flexibility index (Phi) is 3.73. The van der Waals surface area contributed by atoms with Gasteiger partial charge in [-0.1, -0.05) is 60.7 Å². The molecule has 2 aromatic rings. The smallest absolute Gasteiger partial charge is 0.0281 e. The van der Waals surface area contributed by atoms with Crippen LogP contribution < -0.4 is 0 Å². The van der Waals surface area contributed by atoms with E-state index in [-0.39, 0.29) is 0 Å². The van der Waals surface area contributed by atoms with E-state index in [4.69, 9.17) is 0 Å². The minimum atomic E-state index is 1.09. The fourth-order valence-corrected chi connectivity index (χ4v) is 1.86. The third-order valence-corrected chi connectivity index (χ3v) is 2.90. The van der Waals surface area contributed by atoms with Gasteiger partial charge in [-0.3, -0.25) is 4.99 Å². The molecule has 0 N–H and O–H groups in total. The van der Waals surface area contributed by atoms with E-state index in [1.807, 2.05) is 13.1 Å². The van der Waals surface area contributed by atoms with Crippen molar-refractivity contribution in [2.75, 3.05) is 7.05 Å². The van der Waals surface area contributed by atoms with Crippen molar-refractivity contribution in [1.29, 1.82) is 0 Å². The molecule has 0 aliphatic heterocycles. The summed E-state index contributed by atoms with van der Waals surface area (Å²) in [6, 6.07) is 16.9. The molecule has 0 saturated heterocycles. The van der Waals surface area contributed by atoms with E-state index >= 15 is 0 Å². The van der Waals surface area contributed by atoms with Gasteiger partial charge in [0.05, 0.1) is 0 Å². The predicted molar refractivity (Wildman–Crippen MR) is 80.1 cm³/mol. The van der Waals surface area contributed by atoms with Crippen LogP contribution in [0, 0.1) is 0 Å². The number of nitrogens with zero attached hydrogens (tertiary/aromatic N) is 1. The third kappa shape index (κ3) is 2.75. The maximum Gasteiger partial charge on any atom is 0.0281 e. The number of aliphatic imine (C=N–C) groups is 1. The molecule has 0 bridgehead atoms. The number of benzene rings is 2. The summed E-state index contributed by atoms with van der Waals surface area (Å²) in [6.07, 6.45) is 1.86. The zero-order chi connectivity index (χ0) is 13.0. The highest BCUT2D eigenvalue weighted by atomic mass is 14.6. The lowest BCUT2D eigenvalue weighted by atomic mass is 10.0. The van der Waals surface area contributed by atoms with Gasteiger partial charge in [-0.2, -0.15) is 0 Å². The van der Waals surface area contributed by atoms with Crippen molar-refractivity contribution >= 4 is 11.8 Å². The maximum atomic E-state index is 4.00. The normalized spacial score (nSPS) is 10.8. The molecule has 90 valence electrons. The Labute approximate surface area is 109 Å². The van der Waals surface area contributed by atoms with Gasteiger partial charge in [0, 0.05) is 13.3 Å². The third-order valence-electron chi connectivity index (χ3n) is 2.90. The van der Waals surface area contributed by atoms with Crippen molar-refractivity contribution in [1.82, 2.24) is 0 Å². The molecule has 1 heteroatoms. The van der Waals surface area contributed by atoms with Gasteiger partial charge in [-0.25, -0.2) is 0 Å². The predicted octanol–water partition coefficient (Wildman–Crippen LogP) is 4.44. The first kappa shape index (κ1) is 12.3. The summed E-state index contributed by atoms with van der Waals surface area (Å²) in [6.45, 7) is 5.97. The molecule has 0 aromatic heterocycles. The quantitative estimate of drug-likeness (QED) is 0.698. The lowest BCUT2D eigenvalue weighted by Crippen LogP contribution is -1.83. The van der Waals surface area contributed by atoms with Crippen LogP contribution in [0.25, 0.3) is 16.7 Å². The second-order valence-corrected chi connectivity index (χ2v) is 4.37. The number of allylic oxidation sites excluding steroid dienone is 1. The molecule has 0 atom stereocenters. The first-order valence-corrected chi connectivity index (χ1v) is 5.99. The Morgan fingerprint density at radius 2 is 1.44 bits per heavy atom. The summed E-state index contributed by atoms with van der Waals surface area (Å²) in [5.41, 5.74) is 5.85. The van der Waals surface area contributed by atoms with E-state index in [1.54, 1.807) is 7.05 Å². The van der Waals surface area contributed by atoms with Crippen LogP contribution in [0.3, 0.4) is 0 Å². The van der Waals surface area contributed by atoms with Gasteiger partial charge >= 0.3 is 0 Å². The topological polar surface area (TPSA) is 12.4 Å². The van der Waals surface area contributed by atoms with E-state index in [0.29, 0.717) is 0 Å². The molecule has 1 nitrogen and oxygen atoms in total. The SMILES string of the molecule is C=C(C)c1ccc(-c2ccc(C=NC)cc2)cc1. The summed E-state index contributed by atoms with van der Waals surface area (Å²) < 4.78 is 0. The summed E-state index contributed by atoms with van der Waals surface area (Å²) >= 11 is 0. The van der Waals surface area contributed by atoms with Crippen LogP contribution in [0.2, 0.25) is 0 Å². The molecule has 0 aliphatic carbocycles. The highest BCUT2D eigenvalue weighted by Crippen LogP contribution is 2.22. The molecule has 0 aliphatic rings. The molecule has 18 heavy (non-hydrogen) atoms. The summed E-state index contributed by atoms with van der Waals surface area (Å²) in [5, 5.41) is 0. The summed E-state index contributed by atoms with van der Waals surface area (Å²) in [4.78, 5) is 4.00.